The third-order valence-electron chi connectivity index (χ3n) is 4.82. The van der Waals surface area contributed by atoms with Gasteiger partial charge in [0.2, 0.25) is 0 Å². The molecule has 0 bridgehead atoms. The van der Waals surface area contributed by atoms with Crippen molar-refractivity contribution in [2.24, 2.45) is 11.0 Å². The van der Waals surface area contributed by atoms with Gasteiger partial charge >= 0.3 is 0 Å². The van der Waals surface area contributed by atoms with Crippen molar-refractivity contribution in [1.82, 2.24) is 15.3 Å². The fourth-order valence-corrected chi connectivity index (χ4v) is 3.34. The molecular formula is C23H22ClN5O4. The van der Waals surface area contributed by atoms with Gasteiger partial charge in [0.1, 0.15) is 6.04 Å². The summed E-state index contributed by atoms with van der Waals surface area (Å²) in [4.78, 5) is 35.8. The Morgan fingerprint density at radius 2 is 1.88 bits per heavy atom. The van der Waals surface area contributed by atoms with Gasteiger partial charge in [0.15, 0.2) is 0 Å². The van der Waals surface area contributed by atoms with Crippen LogP contribution in [0, 0.1) is 16.0 Å². The first-order valence-corrected chi connectivity index (χ1v) is 10.5. The van der Waals surface area contributed by atoms with Crippen LogP contribution in [0.1, 0.15) is 29.9 Å². The van der Waals surface area contributed by atoms with Crippen LogP contribution in [0.5, 0.6) is 0 Å². The summed E-state index contributed by atoms with van der Waals surface area (Å²) in [7, 11) is 0. The molecule has 33 heavy (non-hydrogen) atoms. The molecular weight excluding hydrogens is 446 g/mol. The number of nitrogens with one attached hydrogen (secondary N) is 2. The molecule has 0 saturated carbocycles. The fraction of sp³-hybridized carbons (Fsp3) is 0.174. The first kappa shape index (κ1) is 23.7. The monoisotopic (exact) mass is 467 g/mol. The number of hydrogen-bond donors (Lipinski definition) is 2. The number of halogens is 1. The van der Waals surface area contributed by atoms with E-state index < -0.39 is 22.8 Å². The summed E-state index contributed by atoms with van der Waals surface area (Å²) in [6.07, 6.45) is 3.15. The third-order valence-corrected chi connectivity index (χ3v) is 5.15. The van der Waals surface area contributed by atoms with E-state index in [0.29, 0.717) is 11.4 Å². The zero-order chi connectivity index (χ0) is 24.0. The molecule has 1 heterocycles. The number of benzene rings is 2. The van der Waals surface area contributed by atoms with Crippen LogP contribution in [0.3, 0.4) is 0 Å². The van der Waals surface area contributed by atoms with Crippen LogP contribution in [0.15, 0.2) is 72.0 Å². The molecule has 1 unspecified atom stereocenters. The molecule has 0 saturated heterocycles. The van der Waals surface area contributed by atoms with Gasteiger partial charge in [-0.1, -0.05) is 43.6 Å². The number of non-ortho nitro benzene ring substituents is 1. The Labute approximate surface area is 195 Å². The lowest BCUT2D eigenvalue weighted by Gasteiger charge is -2.20. The van der Waals surface area contributed by atoms with Gasteiger partial charge in [-0.2, -0.15) is 5.10 Å². The summed E-state index contributed by atoms with van der Waals surface area (Å²) >= 11 is 6.07. The van der Waals surface area contributed by atoms with Crippen LogP contribution in [0.4, 0.5) is 5.69 Å². The van der Waals surface area contributed by atoms with Crippen molar-refractivity contribution in [3.63, 3.8) is 0 Å². The Morgan fingerprint density at radius 3 is 2.58 bits per heavy atom. The van der Waals surface area contributed by atoms with E-state index >= 15 is 0 Å². The van der Waals surface area contributed by atoms with E-state index in [-0.39, 0.29) is 22.2 Å². The summed E-state index contributed by atoms with van der Waals surface area (Å²) < 4.78 is 1.70. The number of nitro groups is 1. The summed E-state index contributed by atoms with van der Waals surface area (Å²) in [5.41, 5.74) is 3.85. The second kappa shape index (κ2) is 10.6. The van der Waals surface area contributed by atoms with Gasteiger partial charge in [-0.25, -0.2) is 5.43 Å². The Hall–Kier alpha value is -3.98. The molecule has 3 rings (SSSR count). The van der Waals surface area contributed by atoms with Crippen LogP contribution in [-0.4, -0.2) is 33.6 Å². The second-order valence-corrected chi connectivity index (χ2v) is 7.90. The number of carbonyl (C=O) groups excluding carboxylic acids is 2. The van der Waals surface area contributed by atoms with E-state index in [1.165, 1.54) is 18.3 Å². The highest BCUT2D eigenvalue weighted by Crippen LogP contribution is 2.18. The quantitative estimate of drug-likeness (QED) is 0.296. The maximum Gasteiger partial charge on any atom is 0.271 e. The number of aromatic nitrogens is 1. The maximum absolute atomic E-state index is 12.7. The molecule has 2 aromatic carbocycles. The van der Waals surface area contributed by atoms with Gasteiger partial charge in [-0.15, -0.1) is 0 Å². The average molecular weight is 468 g/mol. The van der Waals surface area contributed by atoms with Gasteiger partial charge in [0.25, 0.3) is 17.5 Å². The van der Waals surface area contributed by atoms with E-state index in [9.17, 15) is 19.7 Å². The summed E-state index contributed by atoms with van der Waals surface area (Å²) in [6, 6.07) is 15.4. The molecule has 0 aliphatic heterocycles. The molecule has 1 atom stereocenters. The number of rotatable bonds is 8. The van der Waals surface area contributed by atoms with Crippen molar-refractivity contribution in [3.8, 4) is 5.69 Å². The zero-order valence-corrected chi connectivity index (χ0v) is 18.7. The van der Waals surface area contributed by atoms with Crippen molar-refractivity contribution >= 4 is 35.3 Å². The summed E-state index contributed by atoms with van der Waals surface area (Å²) in [5.74, 6) is -1.16. The van der Waals surface area contributed by atoms with E-state index in [1.54, 1.807) is 73.1 Å². The molecule has 0 fully saturated rings. The molecule has 3 aromatic rings. The Balaban J connectivity index is 1.71. The highest BCUT2D eigenvalue weighted by molar-refractivity contribution is 6.33. The number of nitrogens with zero attached hydrogens (tertiary/aromatic N) is 3. The fourth-order valence-electron chi connectivity index (χ4n) is 3.12. The van der Waals surface area contributed by atoms with Crippen LogP contribution in [0.25, 0.3) is 5.69 Å². The minimum Gasteiger partial charge on any atom is -0.340 e. The van der Waals surface area contributed by atoms with Crippen LogP contribution in [-0.2, 0) is 4.79 Å². The first-order chi connectivity index (χ1) is 15.8. The lowest BCUT2D eigenvalue weighted by Crippen LogP contribution is -2.48. The van der Waals surface area contributed by atoms with Gasteiger partial charge in [-0.3, -0.25) is 19.7 Å². The zero-order valence-electron chi connectivity index (χ0n) is 17.9. The second-order valence-electron chi connectivity index (χ2n) is 7.49. The molecule has 2 amide bonds. The van der Waals surface area contributed by atoms with Crippen molar-refractivity contribution in [2.75, 3.05) is 0 Å². The van der Waals surface area contributed by atoms with E-state index in [1.807, 2.05) is 0 Å². The normalized spacial score (nSPS) is 12.0. The minimum atomic E-state index is -0.838. The van der Waals surface area contributed by atoms with E-state index in [2.05, 4.69) is 15.8 Å². The number of carbonyl (C=O) groups is 2. The summed E-state index contributed by atoms with van der Waals surface area (Å²) in [5, 5.41) is 18.0. The van der Waals surface area contributed by atoms with Crippen molar-refractivity contribution < 1.29 is 14.5 Å². The first-order valence-electron chi connectivity index (χ1n) is 10.1. The molecule has 170 valence electrons. The molecule has 9 nitrogen and oxygen atoms in total. The molecule has 2 N–H and O–H groups in total. The summed E-state index contributed by atoms with van der Waals surface area (Å²) in [6.45, 7) is 3.60. The van der Waals surface area contributed by atoms with Crippen molar-refractivity contribution in [2.45, 2.75) is 19.9 Å². The average Bonchev–Trinajstić information content (AvgIpc) is 3.26. The number of hydrazone groups is 1. The molecule has 10 heteroatoms. The Kier molecular flexibility index (Phi) is 7.57. The molecule has 0 aliphatic rings. The predicted molar refractivity (Wildman–Crippen MR) is 126 cm³/mol. The predicted octanol–water partition coefficient (Wildman–Crippen LogP) is 3.94. The maximum atomic E-state index is 12.7. The highest BCUT2D eigenvalue weighted by atomic mass is 35.5. The molecule has 0 radical (unpaired) electrons. The highest BCUT2D eigenvalue weighted by Gasteiger charge is 2.25. The lowest BCUT2D eigenvalue weighted by atomic mass is 10.0. The van der Waals surface area contributed by atoms with E-state index in [0.717, 1.165) is 0 Å². The SMILES string of the molecule is CC(C)C(NC(=O)c1ccccc1Cl)C(=O)NN=Cc1cccn1-c1cccc([N+](=O)[O-])c1. The van der Waals surface area contributed by atoms with Crippen molar-refractivity contribution in [3.05, 3.63) is 93.3 Å². The smallest absolute Gasteiger partial charge is 0.271 e. The van der Waals surface area contributed by atoms with Gasteiger partial charge in [-0.05, 0) is 36.2 Å². The largest absolute Gasteiger partial charge is 0.340 e. The van der Waals surface area contributed by atoms with Crippen molar-refractivity contribution in [1.29, 1.82) is 0 Å². The lowest BCUT2D eigenvalue weighted by molar-refractivity contribution is -0.384. The number of nitro benzene ring substituents is 1. The van der Waals surface area contributed by atoms with Crippen LogP contribution >= 0.6 is 11.6 Å². The van der Waals surface area contributed by atoms with Gasteiger partial charge in [0.05, 0.1) is 33.1 Å². The molecule has 0 spiro atoms. The number of amides is 2. The molecule has 0 aliphatic carbocycles. The minimum absolute atomic E-state index is 0.0357. The van der Waals surface area contributed by atoms with Gasteiger partial charge in [0, 0.05) is 18.3 Å². The standard InChI is InChI=1S/C23H22ClN5O4/c1-15(2)21(26-22(30)19-10-3-4-11-20(19)24)23(31)27-25-14-18-9-6-12-28(18)16-7-5-8-17(13-16)29(32)33/h3-15,21H,1-2H3,(H,26,30)(H,27,31). The van der Waals surface area contributed by atoms with E-state index in [4.69, 9.17) is 11.6 Å². The Morgan fingerprint density at radius 1 is 1.12 bits per heavy atom. The number of hydrogen-bond acceptors (Lipinski definition) is 5. The van der Waals surface area contributed by atoms with Crippen LogP contribution < -0.4 is 10.7 Å². The van der Waals surface area contributed by atoms with Gasteiger partial charge < -0.3 is 9.88 Å². The third kappa shape index (κ3) is 5.83. The topological polar surface area (TPSA) is 119 Å². The Bertz CT molecular complexity index is 1200. The van der Waals surface area contributed by atoms with Crippen LogP contribution in [0.2, 0.25) is 5.02 Å². The molecule has 1 aromatic heterocycles.